The molecular formula is C20H14N2. The van der Waals surface area contributed by atoms with Crippen LogP contribution in [0.1, 0.15) is 11.1 Å². The monoisotopic (exact) mass is 282 g/mol. The first-order valence-electron chi connectivity index (χ1n) is 7.45. The van der Waals surface area contributed by atoms with Crippen LogP contribution >= 0.6 is 0 Å². The van der Waals surface area contributed by atoms with E-state index in [1.54, 1.807) is 0 Å². The van der Waals surface area contributed by atoms with E-state index < -0.39 is 0 Å². The third-order valence-electron chi connectivity index (χ3n) is 4.34. The predicted octanol–water partition coefficient (Wildman–Crippen LogP) is 2.64. The zero-order valence-corrected chi connectivity index (χ0v) is 12.0. The van der Waals surface area contributed by atoms with Gasteiger partial charge in [-0.25, -0.2) is 0 Å². The first-order valence-corrected chi connectivity index (χ1v) is 7.45. The van der Waals surface area contributed by atoms with Gasteiger partial charge in [-0.2, -0.15) is 0 Å². The summed E-state index contributed by atoms with van der Waals surface area (Å²) in [5.74, 6) is 0. The van der Waals surface area contributed by atoms with Gasteiger partial charge in [-0.15, -0.1) is 0 Å². The van der Waals surface area contributed by atoms with Crippen LogP contribution in [-0.2, 0) is 0 Å². The molecule has 22 heavy (non-hydrogen) atoms. The number of allylic oxidation sites excluding steroid dienone is 6. The second-order valence-electron chi connectivity index (χ2n) is 5.68. The summed E-state index contributed by atoms with van der Waals surface area (Å²) in [6, 6.07) is 4.40. The van der Waals surface area contributed by atoms with Crippen LogP contribution in [0.15, 0.2) is 72.4 Å². The molecule has 0 radical (unpaired) electrons. The van der Waals surface area contributed by atoms with Gasteiger partial charge in [-0.05, 0) is 58.0 Å². The normalized spacial score (nSPS) is 19.3. The Morgan fingerprint density at radius 1 is 0.591 bits per heavy atom. The molecule has 2 nitrogen and oxygen atoms in total. The Morgan fingerprint density at radius 3 is 1.59 bits per heavy atom. The van der Waals surface area contributed by atoms with Crippen LogP contribution < -0.4 is 10.4 Å². The molecule has 0 saturated heterocycles. The van der Waals surface area contributed by atoms with Crippen molar-refractivity contribution in [2.45, 2.75) is 0 Å². The molecular weight excluding hydrogens is 268 g/mol. The minimum atomic E-state index is 1.21. The molecule has 0 saturated carbocycles. The maximum atomic E-state index is 2.27. The number of rotatable bonds is 0. The van der Waals surface area contributed by atoms with Crippen molar-refractivity contribution in [3.63, 3.8) is 0 Å². The molecule has 4 heterocycles. The minimum Gasteiger partial charge on any atom is -0.323 e. The highest BCUT2D eigenvalue weighted by atomic mass is 15.1. The summed E-state index contributed by atoms with van der Waals surface area (Å²) in [6.45, 7) is 0. The largest absolute Gasteiger partial charge is 0.323 e. The highest BCUT2D eigenvalue weighted by Gasteiger charge is 2.16. The van der Waals surface area contributed by atoms with Crippen LogP contribution in [0, 0.1) is 0 Å². The van der Waals surface area contributed by atoms with E-state index in [2.05, 4.69) is 95.3 Å². The van der Waals surface area contributed by atoms with Gasteiger partial charge >= 0.3 is 0 Å². The summed E-state index contributed by atoms with van der Waals surface area (Å²) in [4.78, 5) is 4.34. The maximum Gasteiger partial charge on any atom is 0.0455 e. The van der Waals surface area contributed by atoms with Crippen LogP contribution in [-0.4, -0.2) is 9.80 Å². The molecule has 0 spiro atoms. The van der Waals surface area contributed by atoms with Gasteiger partial charge < -0.3 is 9.80 Å². The molecule has 0 N–H and O–H groups in total. The zero-order valence-electron chi connectivity index (χ0n) is 12.0. The van der Waals surface area contributed by atoms with Crippen molar-refractivity contribution in [2.24, 2.45) is 0 Å². The Bertz CT molecular complexity index is 900. The Labute approximate surface area is 129 Å². The quantitative estimate of drug-likeness (QED) is 0.722. The summed E-state index contributed by atoms with van der Waals surface area (Å²) in [7, 11) is 0. The van der Waals surface area contributed by atoms with Gasteiger partial charge in [0.2, 0.25) is 0 Å². The fraction of sp³-hybridized carbons (Fsp3) is 0. The number of hydrogen-bond donors (Lipinski definition) is 0. The number of hydrogen-bond acceptors (Lipinski definition) is 2. The smallest absolute Gasteiger partial charge is 0.0455 e. The summed E-state index contributed by atoms with van der Waals surface area (Å²) in [5, 5.41) is 2.52. The van der Waals surface area contributed by atoms with Crippen LogP contribution in [0.5, 0.6) is 0 Å². The SMILES string of the molecule is C1=CC2=Cc3c4c(ccc3=CN2C=C1)=CN1C=CC=CC1=C4. The van der Waals surface area contributed by atoms with Crippen molar-refractivity contribution < 1.29 is 0 Å². The molecule has 4 aliphatic heterocycles. The molecule has 0 aromatic heterocycles. The van der Waals surface area contributed by atoms with Crippen LogP contribution in [0.2, 0.25) is 0 Å². The third kappa shape index (κ3) is 1.61. The molecule has 0 fully saturated rings. The second kappa shape index (κ2) is 4.25. The summed E-state index contributed by atoms with van der Waals surface area (Å²) in [5.41, 5.74) is 5.02. The van der Waals surface area contributed by atoms with E-state index in [1.807, 2.05) is 0 Å². The van der Waals surface area contributed by atoms with Crippen molar-refractivity contribution in [3.8, 4) is 0 Å². The van der Waals surface area contributed by atoms with Gasteiger partial charge in [0.25, 0.3) is 0 Å². The number of nitrogens with zero attached hydrogens (tertiary/aromatic N) is 2. The fourth-order valence-corrected chi connectivity index (χ4v) is 3.23. The maximum absolute atomic E-state index is 2.27. The minimum absolute atomic E-state index is 1.21. The summed E-state index contributed by atoms with van der Waals surface area (Å²) < 4.78 is 0. The van der Waals surface area contributed by atoms with Crippen LogP contribution in [0.25, 0.3) is 24.6 Å². The highest BCUT2D eigenvalue weighted by molar-refractivity contribution is 5.76. The van der Waals surface area contributed by atoms with Crippen LogP contribution in [0.4, 0.5) is 0 Å². The second-order valence-corrected chi connectivity index (χ2v) is 5.68. The van der Waals surface area contributed by atoms with Gasteiger partial charge in [0, 0.05) is 36.2 Å². The molecule has 0 atom stereocenters. The molecule has 0 unspecified atom stereocenters. The molecule has 0 aliphatic carbocycles. The van der Waals surface area contributed by atoms with Gasteiger partial charge in [0.15, 0.2) is 0 Å². The topological polar surface area (TPSA) is 6.48 Å². The highest BCUT2D eigenvalue weighted by Crippen LogP contribution is 2.24. The van der Waals surface area contributed by atoms with E-state index in [1.165, 1.54) is 33.0 Å². The first kappa shape index (κ1) is 11.6. The lowest BCUT2D eigenvalue weighted by Gasteiger charge is -2.27. The van der Waals surface area contributed by atoms with E-state index in [0.717, 1.165) is 0 Å². The predicted molar refractivity (Wildman–Crippen MR) is 90.8 cm³/mol. The van der Waals surface area contributed by atoms with E-state index in [0.29, 0.717) is 0 Å². The Hall–Kier alpha value is -3.00. The standard InChI is InChI=1S/C20H14N2/c1-3-9-21-13-15-7-8-16-14-22-10-4-2-6-18(22)12-20(16)19(15)11-17(21)5-1/h1-14H. The molecule has 0 amide bonds. The Balaban J connectivity index is 1.80. The molecule has 1 aromatic rings. The van der Waals surface area contributed by atoms with E-state index in [-0.39, 0.29) is 0 Å². The van der Waals surface area contributed by atoms with Crippen molar-refractivity contribution in [2.75, 3.05) is 0 Å². The zero-order chi connectivity index (χ0) is 14.5. The van der Waals surface area contributed by atoms with Gasteiger partial charge in [0.05, 0.1) is 0 Å². The third-order valence-corrected chi connectivity index (χ3v) is 4.34. The molecule has 104 valence electrons. The molecule has 0 bridgehead atoms. The van der Waals surface area contributed by atoms with Crippen molar-refractivity contribution in [1.29, 1.82) is 0 Å². The average molecular weight is 282 g/mol. The molecule has 5 rings (SSSR count). The molecule has 4 aliphatic rings. The summed E-state index contributed by atoms with van der Waals surface area (Å²) in [6.07, 6.45) is 25.7. The lowest BCUT2D eigenvalue weighted by Crippen LogP contribution is -2.28. The first-order chi connectivity index (χ1) is 10.9. The van der Waals surface area contributed by atoms with Gasteiger partial charge in [0.1, 0.15) is 0 Å². The van der Waals surface area contributed by atoms with E-state index in [9.17, 15) is 0 Å². The fourth-order valence-electron chi connectivity index (χ4n) is 3.23. The van der Waals surface area contributed by atoms with Crippen molar-refractivity contribution in [3.05, 3.63) is 93.9 Å². The number of fused-ring (bicyclic) bond motifs is 5. The van der Waals surface area contributed by atoms with Crippen molar-refractivity contribution in [1.82, 2.24) is 9.80 Å². The van der Waals surface area contributed by atoms with Crippen molar-refractivity contribution >= 4 is 24.6 Å². The lowest BCUT2D eigenvalue weighted by atomic mass is 9.96. The molecule has 2 heteroatoms. The van der Waals surface area contributed by atoms with Crippen LogP contribution in [0.3, 0.4) is 0 Å². The Morgan fingerprint density at radius 2 is 1.09 bits per heavy atom. The van der Waals surface area contributed by atoms with E-state index >= 15 is 0 Å². The van der Waals surface area contributed by atoms with Gasteiger partial charge in [-0.3, -0.25) is 0 Å². The van der Waals surface area contributed by atoms with Gasteiger partial charge in [-0.1, -0.05) is 24.3 Å². The molecule has 1 aromatic carbocycles. The lowest BCUT2D eigenvalue weighted by molar-refractivity contribution is 0.695. The Kier molecular flexibility index (Phi) is 2.25. The number of benzene rings is 1. The average Bonchev–Trinajstić information content (AvgIpc) is 2.58. The van der Waals surface area contributed by atoms with E-state index in [4.69, 9.17) is 0 Å². The summed E-state index contributed by atoms with van der Waals surface area (Å²) >= 11 is 0.